The summed E-state index contributed by atoms with van der Waals surface area (Å²) < 4.78 is 5.66. The summed E-state index contributed by atoms with van der Waals surface area (Å²) in [5, 5.41) is 0. The second kappa shape index (κ2) is 5.68. The number of hydrogen-bond donors (Lipinski definition) is 0. The number of methoxy groups -OCH3 is 1. The third-order valence-corrected chi connectivity index (χ3v) is 5.82. The van der Waals surface area contributed by atoms with Crippen molar-refractivity contribution < 1.29 is 4.74 Å². The molecule has 2 aliphatic rings. The lowest BCUT2D eigenvalue weighted by Gasteiger charge is -2.50. The molecule has 0 radical (unpaired) electrons. The third kappa shape index (κ3) is 2.55. The van der Waals surface area contributed by atoms with Crippen LogP contribution in [0.4, 0.5) is 0 Å². The van der Waals surface area contributed by atoms with Crippen LogP contribution in [-0.2, 0) is 18.4 Å². The van der Waals surface area contributed by atoms with Crippen molar-refractivity contribution in [3.8, 4) is 5.75 Å². The average Bonchev–Trinajstić information content (AvgIpc) is 2.58. The number of piperidine rings is 1. The van der Waals surface area contributed by atoms with E-state index in [9.17, 15) is 0 Å². The van der Waals surface area contributed by atoms with E-state index < -0.39 is 0 Å². The zero-order valence-corrected chi connectivity index (χ0v) is 14.1. The molecule has 2 heteroatoms. The fourth-order valence-electron chi connectivity index (χ4n) is 4.56. The summed E-state index contributed by atoms with van der Waals surface area (Å²) in [6.45, 7) is 4.69. The molecule has 1 fully saturated rings. The Morgan fingerprint density at radius 2 is 1.96 bits per heavy atom. The minimum Gasteiger partial charge on any atom is -0.496 e. The monoisotopic (exact) mass is 307 g/mol. The van der Waals surface area contributed by atoms with E-state index in [1.54, 1.807) is 7.11 Å². The molecule has 4 rings (SSSR count). The van der Waals surface area contributed by atoms with Gasteiger partial charge in [0.05, 0.1) is 7.11 Å². The maximum atomic E-state index is 5.66. The third-order valence-electron chi connectivity index (χ3n) is 5.82. The van der Waals surface area contributed by atoms with Crippen LogP contribution in [0.5, 0.6) is 5.75 Å². The highest BCUT2D eigenvalue weighted by molar-refractivity contribution is 5.47. The van der Waals surface area contributed by atoms with Crippen LogP contribution in [0.15, 0.2) is 48.5 Å². The topological polar surface area (TPSA) is 12.5 Å². The molecule has 1 saturated heterocycles. The van der Waals surface area contributed by atoms with Crippen LogP contribution in [0.1, 0.15) is 36.5 Å². The van der Waals surface area contributed by atoms with Gasteiger partial charge in [-0.05, 0) is 54.0 Å². The fourth-order valence-corrected chi connectivity index (χ4v) is 4.56. The highest BCUT2D eigenvalue weighted by Gasteiger charge is 2.43. The molecule has 1 heterocycles. The predicted octanol–water partition coefficient (Wildman–Crippen LogP) is 4.17. The Hall–Kier alpha value is -1.80. The van der Waals surface area contributed by atoms with Crippen molar-refractivity contribution in [1.29, 1.82) is 0 Å². The van der Waals surface area contributed by atoms with Gasteiger partial charge in [-0.25, -0.2) is 0 Å². The molecular weight excluding hydrogens is 282 g/mol. The van der Waals surface area contributed by atoms with Gasteiger partial charge in [-0.15, -0.1) is 0 Å². The van der Waals surface area contributed by atoms with Crippen molar-refractivity contribution in [3.63, 3.8) is 0 Å². The molecule has 0 spiro atoms. The summed E-state index contributed by atoms with van der Waals surface area (Å²) in [6, 6.07) is 18.1. The summed E-state index contributed by atoms with van der Waals surface area (Å²) in [7, 11) is 1.80. The van der Waals surface area contributed by atoms with Gasteiger partial charge in [-0.1, -0.05) is 49.4 Å². The Morgan fingerprint density at radius 1 is 1.13 bits per heavy atom. The molecule has 0 amide bonds. The first-order chi connectivity index (χ1) is 11.2. The molecule has 23 heavy (non-hydrogen) atoms. The average molecular weight is 307 g/mol. The second-order valence-corrected chi connectivity index (χ2v) is 7.32. The summed E-state index contributed by atoms with van der Waals surface area (Å²) in [5.41, 5.74) is 4.68. The number of nitrogens with zero attached hydrogens (tertiary/aromatic N) is 1. The zero-order chi connectivity index (χ0) is 15.9. The van der Waals surface area contributed by atoms with E-state index in [2.05, 4.69) is 60.4 Å². The van der Waals surface area contributed by atoms with Crippen LogP contribution in [-0.4, -0.2) is 24.6 Å². The second-order valence-electron chi connectivity index (χ2n) is 7.32. The van der Waals surface area contributed by atoms with Crippen molar-refractivity contribution in [2.45, 2.75) is 44.2 Å². The van der Waals surface area contributed by atoms with Gasteiger partial charge in [0.15, 0.2) is 0 Å². The standard InChI is InChI=1S/C21H25NO/c1-21-11-12-22(15-16-7-4-3-5-8-16)17(14-21)13-18-19(21)9-6-10-20(18)23-2/h3-10,17H,11-15H2,1-2H3. The fraction of sp³-hybridized carbons (Fsp3) is 0.429. The summed E-state index contributed by atoms with van der Waals surface area (Å²) in [6.07, 6.45) is 3.61. The Bertz CT molecular complexity index is 696. The predicted molar refractivity (Wildman–Crippen MR) is 93.9 cm³/mol. The van der Waals surface area contributed by atoms with E-state index in [1.807, 2.05) is 0 Å². The molecule has 2 aromatic carbocycles. The van der Waals surface area contributed by atoms with Gasteiger partial charge in [-0.3, -0.25) is 4.90 Å². The van der Waals surface area contributed by atoms with Crippen LogP contribution < -0.4 is 4.74 Å². The van der Waals surface area contributed by atoms with Gasteiger partial charge >= 0.3 is 0 Å². The minimum absolute atomic E-state index is 0.306. The quantitative estimate of drug-likeness (QED) is 0.843. The molecule has 120 valence electrons. The summed E-state index contributed by atoms with van der Waals surface area (Å²) in [5.74, 6) is 1.07. The van der Waals surface area contributed by atoms with Crippen LogP contribution in [0, 0.1) is 0 Å². The highest BCUT2D eigenvalue weighted by Crippen LogP contribution is 2.47. The molecule has 0 N–H and O–H groups in total. The first-order valence-electron chi connectivity index (χ1n) is 8.64. The maximum Gasteiger partial charge on any atom is 0.122 e. The lowest BCUT2D eigenvalue weighted by molar-refractivity contribution is 0.0799. The number of likely N-dealkylation sites (tertiary alicyclic amines) is 1. The van der Waals surface area contributed by atoms with Crippen molar-refractivity contribution in [3.05, 3.63) is 65.2 Å². The SMILES string of the molecule is COc1cccc2c1CC1CC2(C)CCN1Cc1ccccc1. The highest BCUT2D eigenvalue weighted by atomic mass is 16.5. The Morgan fingerprint density at radius 3 is 2.74 bits per heavy atom. The van der Waals surface area contributed by atoms with Crippen LogP contribution >= 0.6 is 0 Å². The Balaban J connectivity index is 1.65. The van der Waals surface area contributed by atoms with E-state index in [0.717, 1.165) is 18.7 Å². The van der Waals surface area contributed by atoms with Crippen molar-refractivity contribution in [2.75, 3.05) is 13.7 Å². The largest absolute Gasteiger partial charge is 0.496 e. The first kappa shape index (κ1) is 14.8. The molecular formula is C21H25NO. The van der Waals surface area contributed by atoms with Gasteiger partial charge in [-0.2, -0.15) is 0 Å². The first-order valence-corrected chi connectivity index (χ1v) is 8.64. The van der Waals surface area contributed by atoms with Crippen molar-refractivity contribution in [2.24, 2.45) is 0 Å². The number of benzene rings is 2. The number of hydrogen-bond acceptors (Lipinski definition) is 2. The molecule has 2 nitrogen and oxygen atoms in total. The number of rotatable bonds is 3. The van der Waals surface area contributed by atoms with Gasteiger partial charge in [0.25, 0.3) is 0 Å². The van der Waals surface area contributed by atoms with Gasteiger partial charge < -0.3 is 4.74 Å². The van der Waals surface area contributed by atoms with Crippen LogP contribution in [0.3, 0.4) is 0 Å². The van der Waals surface area contributed by atoms with Gasteiger partial charge in [0.1, 0.15) is 5.75 Å². The van der Waals surface area contributed by atoms with E-state index in [0.29, 0.717) is 11.5 Å². The molecule has 1 aliphatic carbocycles. The number of ether oxygens (including phenoxy) is 1. The molecule has 2 atom stereocenters. The molecule has 1 aliphatic heterocycles. The van der Waals surface area contributed by atoms with Crippen LogP contribution in [0.2, 0.25) is 0 Å². The molecule has 2 unspecified atom stereocenters. The zero-order valence-electron chi connectivity index (χ0n) is 14.1. The van der Waals surface area contributed by atoms with Crippen LogP contribution in [0.25, 0.3) is 0 Å². The van der Waals surface area contributed by atoms with Crippen molar-refractivity contribution >= 4 is 0 Å². The minimum atomic E-state index is 0.306. The van der Waals surface area contributed by atoms with E-state index in [1.165, 1.54) is 36.1 Å². The summed E-state index contributed by atoms with van der Waals surface area (Å²) >= 11 is 0. The number of fused-ring (bicyclic) bond motifs is 4. The Kier molecular flexibility index (Phi) is 3.65. The van der Waals surface area contributed by atoms with Crippen molar-refractivity contribution in [1.82, 2.24) is 4.90 Å². The normalized spacial score (nSPS) is 26.6. The van der Waals surface area contributed by atoms with E-state index in [4.69, 9.17) is 4.74 Å². The lowest BCUT2D eigenvalue weighted by atomic mass is 9.65. The molecule has 2 aromatic rings. The van der Waals surface area contributed by atoms with E-state index in [-0.39, 0.29) is 0 Å². The van der Waals surface area contributed by atoms with Gasteiger partial charge in [0.2, 0.25) is 0 Å². The molecule has 2 bridgehead atoms. The lowest BCUT2D eigenvalue weighted by Crippen LogP contribution is -2.51. The maximum absolute atomic E-state index is 5.66. The van der Waals surface area contributed by atoms with E-state index >= 15 is 0 Å². The molecule has 0 aromatic heterocycles. The summed E-state index contributed by atoms with van der Waals surface area (Å²) in [4.78, 5) is 2.67. The molecule has 0 saturated carbocycles. The Labute approximate surface area is 139 Å². The smallest absolute Gasteiger partial charge is 0.122 e. The van der Waals surface area contributed by atoms with Gasteiger partial charge in [0, 0.05) is 12.6 Å².